The number of amides is 1. The van der Waals surface area contributed by atoms with Crippen LogP contribution in [-0.2, 0) is 4.79 Å². The molecule has 3 heteroatoms. The normalized spacial score (nSPS) is 25.5. The van der Waals surface area contributed by atoms with E-state index in [-0.39, 0.29) is 11.9 Å². The highest BCUT2D eigenvalue weighted by Crippen LogP contribution is 2.29. The molecular formula is C12H22N2O. The fraction of sp³-hybridized carbons (Fsp3) is 0.917. The van der Waals surface area contributed by atoms with Crippen molar-refractivity contribution in [2.45, 2.75) is 64.1 Å². The minimum atomic E-state index is -0.0406. The number of nitrogens with one attached hydrogen (secondary N) is 2. The van der Waals surface area contributed by atoms with Crippen LogP contribution in [0.2, 0.25) is 0 Å². The van der Waals surface area contributed by atoms with Crippen molar-refractivity contribution >= 4 is 5.91 Å². The van der Waals surface area contributed by atoms with Crippen LogP contribution in [0, 0.1) is 5.92 Å². The highest BCUT2D eigenvalue weighted by molar-refractivity contribution is 5.81. The molecule has 2 N–H and O–H groups in total. The van der Waals surface area contributed by atoms with Crippen molar-refractivity contribution in [1.29, 1.82) is 0 Å². The first kappa shape index (κ1) is 10.9. The van der Waals surface area contributed by atoms with Crippen molar-refractivity contribution in [3.8, 4) is 0 Å². The van der Waals surface area contributed by atoms with E-state index in [9.17, 15) is 4.79 Å². The van der Waals surface area contributed by atoms with Crippen LogP contribution in [0.1, 0.15) is 46.0 Å². The Balaban J connectivity index is 1.69. The van der Waals surface area contributed by atoms with Gasteiger partial charge >= 0.3 is 0 Å². The number of hydrogen-bond donors (Lipinski definition) is 2. The van der Waals surface area contributed by atoms with Gasteiger partial charge in [0.05, 0.1) is 6.04 Å². The van der Waals surface area contributed by atoms with Crippen molar-refractivity contribution in [3.63, 3.8) is 0 Å². The molecule has 2 saturated carbocycles. The largest absolute Gasteiger partial charge is 0.352 e. The Kier molecular flexibility index (Phi) is 3.29. The second-order valence-electron chi connectivity index (χ2n) is 5.15. The maximum absolute atomic E-state index is 11.7. The standard InChI is InChI=1S/C12H22N2O/c1-8(10-4-3-5-10)13-9(2)12(15)14-11-6-7-11/h8-11,13H,3-7H2,1-2H3,(H,14,15). The zero-order valence-electron chi connectivity index (χ0n) is 9.75. The average molecular weight is 210 g/mol. The van der Waals surface area contributed by atoms with E-state index in [2.05, 4.69) is 17.6 Å². The van der Waals surface area contributed by atoms with Crippen LogP contribution in [0.5, 0.6) is 0 Å². The monoisotopic (exact) mass is 210 g/mol. The van der Waals surface area contributed by atoms with Crippen LogP contribution in [-0.4, -0.2) is 24.0 Å². The molecule has 1 amide bonds. The molecule has 2 aliphatic rings. The molecule has 2 aliphatic carbocycles. The van der Waals surface area contributed by atoms with Gasteiger partial charge in [-0.05, 0) is 45.4 Å². The molecule has 2 fully saturated rings. The van der Waals surface area contributed by atoms with Crippen LogP contribution < -0.4 is 10.6 Å². The Bertz CT molecular complexity index is 234. The lowest BCUT2D eigenvalue weighted by molar-refractivity contribution is -0.123. The van der Waals surface area contributed by atoms with E-state index in [1.54, 1.807) is 0 Å². The highest BCUT2D eigenvalue weighted by atomic mass is 16.2. The molecule has 2 unspecified atom stereocenters. The first-order chi connectivity index (χ1) is 7.16. The molecule has 0 aliphatic heterocycles. The third-order valence-electron chi connectivity index (χ3n) is 3.69. The summed E-state index contributed by atoms with van der Waals surface area (Å²) in [6.45, 7) is 4.16. The first-order valence-corrected chi connectivity index (χ1v) is 6.23. The number of carbonyl (C=O) groups is 1. The molecule has 0 saturated heterocycles. The minimum absolute atomic E-state index is 0.0406. The predicted molar refractivity (Wildman–Crippen MR) is 60.6 cm³/mol. The molecule has 0 bridgehead atoms. The zero-order chi connectivity index (χ0) is 10.8. The van der Waals surface area contributed by atoms with E-state index < -0.39 is 0 Å². The van der Waals surface area contributed by atoms with Gasteiger partial charge in [-0.2, -0.15) is 0 Å². The van der Waals surface area contributed by atoms with Crippen LogP contribution in [0.25, 0.3) is 0 Å². The van der Waals surface area contributed by atoms with E-state index in [1.165, 1.54) is 19.3 Å². The lowest BCUT2D eigenvalue weighted by atomic mass is 9.80. The van der Waals surface area contributed by atoms with Gasteiger partial charge in [0.25, 0.3) is 0 Å². The van der Waals surface area contributed by atoms with Gasteiger partial charge in [-0.15, -0.1) is 0 Å². The Morgan fingerprint density at radius 3 is 2.33 bits per heavy atom. The maximum atomic E-state index is 11.7. The van der Waals surface area contributed by atoms with Crippen molar-refractivity contribution in [2.24, 2.45) is 5.92 Å². The Morgan fingerprint density at radius 2 is 1.87 bits per heavy atom. The molecule has 0 radical (unpaired) electrons. The van der Waals surface area contributed by atoms with Gasteiger partial charge in [-0.3, -0.25) is 4.79 Å². The molecule has 2 rings (SSSR count). The molecule has 0 spiro atoms. The maximum Gasteiger partial charge on any atom is 0.237 e. The molecule has 3 nitrogen and oxygen atoms in total. The molecule has 15 heavy (non-hydrogen) atoms. The molecule has 0 heterocycles. The lowest BCUT2D eigenvalue weighted by Gasteiger charge is -2.33. The molecule has 2 atom stereocenters. The van der Waals surface area contributed by atoms with Gasteiger partial charge in [0.2, 0.25) is 5.91 Å². The fourth-order valence-electron chi connectivity index (χ4n) is 2.10. The third kappa shape index (κ3) is 2.94. The van der Waals surface area contributed by atoms with Crippen LogP contribution in [0.3, 0.4) is 0 Å². The predicted octanol–water partition coefficient (Wildman–Crippen LogP) is 1.43. The van der Waals surface area contributed by atoms with E-state index in [1.807, 2.05) is 6.92 Å². The summed E-state index contributed by atoms with van der Waals surface area (Å²) in [5.41, 5.74) is 0. The topological polar surface area (TPSA) is 41.1 Å². The summed E-state index contributed by atoms with van der Waals surface area (Å²) in [5.74, 6) is 0.963. The third-order valence-corrected chi connectivity index (χ3v) is 3.69. The summed E-state index contributed by atoms with van der Waals surface area (Å²) in [4.78, 5) is 11.7. The average Bonchev–Trinajstić information content (AvgIpc) is 2.84. The Morgan fingerprint density at radius 1 is 1.20 bits per heavy atom. The second kappa shape index (κ2) is 4.52. The quantitative estimate of drug-likeness (QED) is 0.721. The number of carbonyl (C=O) groups excluding carboxylic acids is 1. The van der Waals surface area contributed by atoms with Crippen LogP contribution in [0.15, 0.2) is 0 Å². The van der Waals surface area contributed by atoms with Gasteiger partial charge < -0.3 is 10.6 Å². The van der Waals surface area contributed by atoms with E-state index >= 15 is 0 Å². The van der Waals surface area contributed by atoms with Gasteiger partial charge in [0, 0.05) is 12.1 Å². The van der Waals surface area contributed by atoms with E-state index in [4.69, 9.17) is 0 Å². The van der Waals surface area contributed by atoms with Crippen molar-refractivity contribution < 1.29 is 4.79 Å². The summed E-state index contributed by atoms with van der Waals surface area (Å²) >= 11 is 0. The van der Waals surface area contributed by atoms with E-state index in [0.29, 0.717) is 12.1 Å². The molecular weight excluding hydrogens is 188 g/mol. The van der Waals surface area contributed by atoms with Crippen molar-refractivity contribution in [2.75, 3.05) is 0 Å². The smallest absolute Gasteiger partial charge is 0.237 e. The fourth-order valence-corrected chi connectivity index (χ4v) is 2.10. The Labute approximate surface area is 92.0 Å². The summed E-state index contributed by atoms with van der Waals surface area (Å²) in [5, 5.41) is 6.44. The lowest BCUT2D eigenvalue weighted by Crippen LogP contribution is -2.49. The number of hydrogen-bond acceptors (Lipinski definition) is 2. The molecule has 0 aromatic carbocycles. The summed E-state index contributed by atoms with van der Waals surface area (Å²) < 4.78 is 0. The summed E-state index contributed by atoms with van der Waals surface area (Å²) in [6.07, 6.45) is 6.34. The Hall–Kier alpha value is -0.570. The zero-order valence-corrected chi connectivity index (χ0v) is 9.75. The first-order valence-electron chi connectivity index (χ1n) is 6.23. The summed E-state index contributed by atoms with van der Waals surface area (Å²) in [6, 6.07) is 0.917. The van der Waals surface area contributed by atoms with Crippen molar-refractivity contribution in [3.05, 3.63) is 0 Å². The molecule has 0 aromatic heterocycles. The second-order valence-corrected chi connectivity index (χ2v) is 5.15. The highest BCUT2D eigenvalue weighted by Gasteiger charge is 2.29. The van der Waals surface area contributed by atoms with Gasteiger partial charge in [-0.25, -0.2) is 0 Å². The van der Waals surface area contributed by atoms with Gasteiger partial charge in [0.1, 0.15) is 0 Å². The van der Waals surface area contributed by atoms with E-state index in [0.717, 1.165) is 18.8 Å². The van der Waals surface area contributed by atoms with Gasteiger partial charge in [0.15, 0.2) is 0 Å². The van der Waals surface area contributed by atoms with Gasteiger partial charge in [-0.1, -0.05) is 6.42 Å². The molecule has 0 aromatic rings. The number of rotatable bonds is 5. The van der Waals surface area contributed by atoms with Crippen LogP contribution >= 0.6 is 0 Å². The van der Waals surface area contributed by atoms with Crippen LogP contribution in [0.4, 0.5) is 0 Å². The minimum Gasteiger partial charge on any atom is -0.352 e. The summed E-state index contributed by atoms with van der Waals surface area (Å²) in [7, 11) is 0. The molecule has 86 valence electrons. The van der Waals surface area contributed by atoms with Crippen molar-refractivity contribution in [1.82, 2.24) is 10.6 Å². The SMILES string of the molecule is CC(NC(C)C1CCC1)C(=O)NC1CC1.